The minimum absolute atomic E-state index is 0.147. The Bertz CT molecular complexity index is 779. The molecule has 1 aromatic heterocycles. The Labute approximate surface area is 148 Å². The Hall–Kier alpha value is -2.55. The number of thioether (sulfide) groups is 1. The first kappa shape index (κ1) is 17.3. The smallest absolute Gasteiger partial charge is 0.324 e. The number of hydrogen-bond donors (Lipinski definition) is 1. The Morgan fingerprint density at radius 1 is 1.48 bits per heavy atom. The number of urea groups is 1. The zero-order chi connectivity index (χ0) is 17.8. The van der Waals surface area contributed by atoms with Gasteiger partial charge < -0.3 is 14.5 Å². The van der Waals surface area contributed by atoms with Crippen molar-refractivity contribution in [2.45, 2.75) is 30.9 Å². The molecule has 1 saturated heterocycles. The molecule has 1 aliphatic heterocycles. The zero-order valence-electron chi connectivity index (χ0n) is 13.9. The van der Waals surface area contributed by atoms with Crippen LogP contribution < -0.4 is 10.1 Å². The highest BCUT2D eigenvalue weighted by Crippen LogP contribution is 2.24. The highest BCUT2D eigenvalue weighted by Gasteiger charge is 2.31. The maximum absolute atomic E-state index is 12.2. The molecule has 132 valence electrons. The molecule has 1 aliphatic rings. The van der Waals surface area contributed by atoms with Gasteiger partial charge >= 0.3 is 6.03 Å². The summed E-state index contributed by atoms with van der Waals surface area (Å²) >= 11 is 1.12. The Balaban J connectivity index is 1.54. The molecule has 0 aliphatic carbocycles. The maximum Gasteiger partial charge on any atom is 0.324 e. The van der Waals surface area contributed by atoms with Crippen LogP contribution in [0.15, 0.2) is 33.9 Å². The van der Waals surface area contributed by atoms with Crippen molar-refractivity contribution in [1.29, 1.82) is 0 Å². The van der Waals surface area contributed by atoms with Gasteiger partial charge in [0.05, 0.1) is 5.25 Å². The molecule has 2 heterocycles. The first-order valence-electron chi connectivity index (χ1n) is 7.80. The number of imide groups is 1. The van der Waals surface area contributed by atoms with Crippen LogP contribution >= 0.6 is 11.8 Å². The fourth-order valence-electron chi connectivity index (χ4n) is 2.30. The van der Waals surface area contributed by atoms with Crippen LogP contribution in [0.4, 0.5) is 4.79 Å². The maximum atomic E-state index is 12.2. The van der Waals surface area contributed by atoms with E-state index in [1.165, 1.54) is 4.90 Å². The van der Waals surface area contributed by atoms with Gasteiger partial charge in [0.25, 0.3) is 11.1 Å². The van der Waals surface area contributed by atoms with E-state index in [4.69, 9.17) is 9.15 Å². The molecule has 1 N–H and O–H groups in total. The lowest BCUT2D eigenvalue weighted by Crippen LogP contribution is -2.38. The summed E-state index contributed by atoms with van der Waals surface area (Å²) in [5, 5.41) is 10.2. The summed E-state index contributed by atoms with van der Waals surface area (Å²) in [6, 6.07) is 7.28. The topological polar surface area (TPSA) is 97.6 Å². The third kappa shape index (κ3) is 4.30. The van der Waals surface area contributed by atoms with Gasteiger partial charge in [-0.25, -0.2) is 4.79 Å². The second kappa shape index (κ2) is 7.56. The summed E-state index contributed by atoms with van der Waals surface area (Å²) in [7, 11) is 0. The first-order valence-corrected chi connectivity index (χ1v) is 8.68. The van der Waals surface area contributed by atoms with E-state index >= 15 is 0 Å². The average Bonchev–Trinajstić information content (AvgIpc) is 3.21. The van der Waals surface area contributed by atoms with Crippen molar-refractivity contribution in [3.05, 3.63) is 35.7 Å². The molecule has 8 nitrogen and oxygen atoms in total. The van der Waals surface area contributed by atoms with Crippen molar-refractivity contribution in [2.75, 3.05) is 13.1 Å². The van der Waals surface area contributed by atoms with E-state index < -0.39 is 5.25 Å². The van der Waals surface area contributed by atoms with Gasteiger partial charge in [-0.2, -0.15) is 0 Å². The third-order valence-electron chi connectivity index (χ3n) is 3.55. The molecule has 9 heteroatoms. The summed E-state index contributed by atoms with van der Waals surface area (Å²) in [6.07, 6.45) is 0. The minimum Gasteiger partial charge on any atom is -0.484 e. The molecule has 3 rings (SSSR count). The van der Waals surface area contributed by atoms with Crippen LogP contribution in [0.5, 0.6) is 5.75 Å². The SMILES string of the molecule is Cc1cccc(OCc2nnc(S[C@H](C)C(=O)N3CCNC3=O)o2)c1. The number of nitrogens with one attached hydrogen (secondary N) is 1. The number of hydrogen-bond acceptors (Lipinski definition) is 7. The van der Waals surface area contributed by atoms with E-state index in [2.05, 4.69) is 15.5 Å². The molecular weight excluding hydrogens is 344 g/mol. The quantitative estimate of drug-likeness (QED) is 0.785. The summed E-state index contributed by atoms with van der Waals surface area (Å²) in [6.45, 7) is 4.68. The number of ether oxygens (including phenoxy) is 1. The van der Waals surface area contributed by atoms with Crippen LogP contribution in [0.2, 0.25) is 0 Å². The second-order valence-corrected chi connectivity index (χ2v) is 6.84. The summed E-state index contributed by atoms with van der Waals surface area (Å²) in [4.78, 5) is 25.0. The van der Waals surface area contributed by atoms with Crippen molar-refractivity contribution >= 4 is 23.7 Å². The van der Waals surface area contributed by atoms with Gasteiger partial charge in [-0.05, 0) is 31.5 Å². The molecule has 1 aromatic carbocycles. The molecule has 1 atom stereocenters. The number of aromatic nitrogens is 2. The van der Waals surface area contributed by atoms with Crippen LogP contribution in [0.25, 0.3) is 0 Å². The van der Waals surface area contributed by atoms with E-state index in [0.717, 1.165) is 23.1 Å². The van der Waals surface area contributed by atoms with Gasteiger partial charge in [-0.1, -0.05) is 23.9 Å². The highest BCUT2D eigenvalue weighted by molar-refractivity contribution is 8.00. The predicted molar refractivity (Wildman–Crippen MR) is 90.2 cm³/mol. The summed E-state index contributed by atoms with van der Waals surface area (Å²) in [5.41, 5.74) is 1.09. The molecular formula is C16H18N4O4S. The van der Waals surface area contributed by atoms with E-state index in [1.807, 2.05) is 31.2 Å². The number of nitrogens with zero attached hydrogens (tertiary/aromatic N) is 3. The lowest BCUT2D eigenvalue weighted by Gasteiger charge is -2.15. The number of amides is 3. The molecule has 2 aromatic rings. The number of aryl methyl sites for hydroxylation is 1. The Kier molecular flexibility index (Phi) is 5.22. The molecule has 3 amide bonds. The van der Waals surface area contributed by atoms with E-state index in [-0.39, 0.29) is 23.8 Å². The predicted octanol–water partition coefficient (Wildman–Crippen LogP) is 1.99. The molecule has 1 fully saturated rings. The third-order valence-corrected chi connectivity index (χ3v) is 4.47. The number of benzene rings is 1. The van der Waals surface area contributed by atoms with Gasteiger partial charge in [0, 0.05) is 13.1 Å². The summed E-state index contributed by atoms with van der Waals surface area (Å²) in [5.74, 6) is 0.759. The van der Waals surface area contributed by atoms with Crippen molar-refractivity contribution in [3.63, 3.8) is 0 Å². The molecule has 0 bridgehead atoms. The van der Waals surface area contributed by atoms with Crippen LogP contribution in [0, 0.1) is 6.92 Å². The van der Waals surface area contributed by atoms with Crippen LogP contribution in [-0.2, 0) is 11.4 Å². The second-order valence-electron chi connectivity index (χ2n) is 5.55. The van der Waals surface area contributed by atoms with Crippen molar-refractivity contribution in [2.24, 2.45) is 0 Å². The number of carbonyl (C=O) groups is 2. The van der Waals surface area contributed by atoms with Gasteiger partial charge in [0.2, 0.25) is 5.91 Å². The Morgan fingerprint density at radius 2 is 2.32 bits per heavy atom. The van der Waals surface area contributed by atoms with Crippen molar-refractivity contribution < 1.29 is 18.7 Å². The standard InChI is InChI=1S/C16H18N4O4S/c1-10-4-3-5-12(8-10)23-9-13-18-19-16(24-13)25-11(2)14(21)20-7-6-17-15(20)22/h3-5,8,11H,6-7,9H2,1-2H3,(H,17,22)/t11-/m1/s1. The van der Waals surface area contributed by atoms with Gasteiger partial charge in [-0.3, -0.25) is 9.69 Å². The van der Waals surface area contributed by atoms with Crippen molar-refractivity contribution in [3.8, 4) is 5.75 Å². The zero-order valence-corrected chi connectivity index (χ0v) is 14.7. The van der Waals surface area contributed by atoms with Gasteiger partial charge in [0.1, 0.15) is 5.75 Å². The highest BCUT2D eigenvalue weighted by atomic mass is 32.2. The van der Waals surface area contributed by atoms with E-state index in [0.29, 0.717) is 19.0 Å². The fourth-order valence-corrected chi connectivity index (χ4v) is 3.06. The summed E-state index contributed by atoms with van der Waals surface area (Å²) < 4.78 is 11.1. The van der Waals surface area contributed by atoms with E-state index in [9.17, 15) is 9.59 Å². The lowest BCUT2D eigenvalue weighted by molar-refractivity contribution is -0.126. The van der Waals surface area contributed by atoms with E-state index in [1.54, 1.807) is 6.92 Å². The molecule has 25 heavy (non-hydrogen) atoms. The monoisotopic (exact) mass is 362 g/mol. The van der Waals surface area contributed by atoms with Gasteiger partial charge in [-0.15, -0.1) is 10.2 Å². The van der Waals surface area contributed by atoms with Crippen molar-refractivity contribution in [1.82, 2.24) is 20.4 Å². The molecule has 0 saturated carbocycles. The fraction of sp³-hybridized carbons (Fsp3) is 0.375. The first-order chi connectivity index (χ1) is 12.0. The molecule has 0 spiro atoms. The molecule has 0 radical (unpaired) electrons. The van der Waals surface area contributed by atoms with Crippen LogP contribution in [0.1, 0.15) is 18.4 Å². The number of carbonyl (C=O) groups excluding carboxylic acids is 2. The van der Waals surface area contributed by atoms with Gasteiger partial charge in [0.15, 0.2) is 6.61 Å². The average molecular weight is 362 g/mol. The lowest BCUT2D eigenvalue weighted by atomic mass is 10.2. The van der Waals surface area contributed by atoms with Crippen LogP contribution in [-0.4, -0.2) is 45.4 Å². The molecule has 0 unspecified atom stereocenters. The largest absolute Gasteiger partial charge is 0.484 e. The normalized spacial score (nSPS) is 15.1. The minimum atomic E-state index is -0.505. The Morgan fingerprint density at radius 3 is 3.04 bits per heavy atom. The number of rotatable bonds is 6. The van der Waals surface area contributed by atoms with Crippen LogP contribution in [0.3, 0.4) is 0 Å².